The van der Waals surface area contributed by atoms with E-state index in [1.54, 1.807) is 25.1 Å². The number of nitrogens with zero attached hydrogens (tertiary/aromatic N) is 1. The van der Waals surface area contributed by atoms with Crippen molar-refractivity contribution in [1.29, 1.82) is 0 Å². The van der Waals surface area contributed by atoms with Crippen molar-refractivity contribution >= 4 is 40.9 Å². The number of hydrogen-bond donors (Lipinski definition) is 2. The van der Waals surface area contributed by atoms with E-state index in [2.05, 4.69) is 15.3 Å². The first-order chi connectivity index (χ1) is 14.8. The summed E-state index contributed by atoms with van der Waals surface area (Å²) in [7, 11) is 0. The lowest BCUT2D eigenvalue weighted by Gasteiger charge is -2.16. The Labute approximate surface area is 195 Å². The summed E-state index contributed by atoms with van der Waals surface area (Å²) in [5.74, 6) is 0.552. The molecule has 1 amide bonds. The van der Waals surface area contributed by atoms with E-state index >= 15 is 0 Å². The van der Waals surface area contributed by atoms with E-state index in [1.165, 1.54) is 11.8 Å². The van der Waals surface area contributed by atoms with Crippen molar-refractivity contribution in [3.8, 4) is 0 Å². The second-order valence-corrected chi connectivity index (χ2v) is 8.97. The van der Waals surface area contributed by atoms with Crippen molar-refractivity contribution in [2.75, 3.05) is 0 Å². The van der Waals surface area contributed by atoms with E-state index < -0.39 is 0 Å². The first-order valence-corrected chi connectivity index (χ1v) is 11.6. The summed E-state index contributed by atoms with van der Waals surface area (Å²) >= 11 is 13.6. The number of aromatic amines is 1. The zero-order valence-electron chi connectivity index (χ0n) is 17.2. The minimum absolute atomic E-state index is 0.167. The van der Waals surface area contributed by atoms with Crippen molar-refractivity contribution in [2.24, 2.45) is 0 Å². The van der Waals surface area contributed by atoms with Crippen LogP contribution in [0.4, 0.5) is 0 Å². The van der Waals surface area contributed by atoms with Crippen LogP contribution in [0.3, 0.4) is 0 Å². The second-order valence-electron chi connectivity index (χ2n) is 7.16. The number of thioether (sulfide) groups is 1. The van der Waals surface area contributed by atoms with Crippen LogP contribution in [0.1, 0.15) is 41.8 Å². The van der Waals surface area contributed by atoms with Crippen LogP contribution in [0.25, 0.3) is 0 Å². The average molecular weight is 476 g/mol. The SMILES string of the molecule is Cc1nc(SCc2ccccc2)[nH]c(=O)c1CCC(=O)N[C@H](C)c1ccc(Cl)cc1Cl. The Balaban J connectivity index is 1.58. The second kappa shape index (κ2) is 10.8. The van der Waals surface area contributed by atoms with Crippen LogP contribution in [0.2, 0.25) is 10.0 Å². The van der Waals surface area contributed by atoms with E-state index in [4.69, 9.17) is 23.2 Å². The number of aryl methyl sites for hydroxylation is 1. The molecule has 0 aliphatic heterocycles. The summed E-state index contributed by atoms with van der Waals surface area (Å²) in [6.07, 6.45) is 0.488. The molecule has 0 bridgehead atoms. The molecule has 1 heterocycles. The maximum Gasteiger partial charge on any atom is 0.254 e. The predicted octanol–water partition coefficient (Wildman–Crippen LogP) is 5.49. The van der Waals surface area contributed by atoms with E-state index in [0.717, 1.165) is 16.9 Å². The van der Waals surface area contributed by atoms with Crippen LogP contribution in [0, 0.1) is 6.92 Å². The molecule has 31 heavy (non-hydrogen) atoms. The highest BCUT2D eigenvalue weighted by Gasteiger charge is 2.15. The Morgan fingerprint density at radius 3 is 2.61 bits per heavy atom. The maximum atomic E-state index is 12.5. The third kappa shape index (κ3) is 6.60. The third-order valence-electron chi connectivity index (χ3n) is 4.83. The van der Waals surface area contributed by atoms with E-state index in [9.17, 15) is 9.59 Å². The fraction of sp³-hybridized carbons (Fsp3) is 0.261. The van der Waals surface area contributed by atoms with Crippen molar-refractivity contribution in [1.82, 2.24) is 15.3 Å². The van der Waals surface area contributed by atoms with Gasteiger partial charge in [-0.25, -0.2) is 4.98 Å². The minimum atomic E-state index is -0.272. The number of H-pyrrole nitrogens is 1. The van der Waals surface area contributed by atoms with Crippen molar-refractivity contribution in [3.05, 3.63) is 91.3 Å². The number of carbonyl (C=O) groups excluding carboxylic acids is 1. The molecule has 8 heteroatoms. The molecule has 5 nitrogen and oxygen atoms in total. The van der Waals surface area contributed by atoms with E-state index in [0.29, 0.717) is 32.9 Å². The summed E-state index contributed by atoms with van der Waals surface area (Å²) < 4.78 is 0. The van der Waals surface area contributed by atoms with Crippen molar-refractivity contribution in [3.63, 3.8) is 0 Å². The van der Waals surface area contributed by atoms with Gasteiger partial charge in [-0.3, -0.25) is 9.59 Å². The Morgan fingerprint density at radius 1 is 1.19 bits per heavy atom. The summed E-state index contributed by atoms with van der Waals surface area (Å²) in [5, 5.41) is 4.53. The quantitative estimate of drug-likeness (QED) is 0.333. The van der Waals surface area contributed by atoms with Gasteiger partial charge < -0.3 is 10.3 Å². The molecule has 0 unspecified atom stereocenters. The summed E-state index contributed by atoms with van der Waals surface area (Å²) in [4.78, 5) is 32.3. The summed E-state index contributed by atoms with van der Waals surface area (Å²) in [5.41, 5.74) is 2.90. The van der Waals surface area contributed by atoms with Gasteiger partial charge in [0.15, 0.2) is 5.16 Å². The van der Waals surface area contributed by atoms with Gasteiger partial charge >= 0.3 is 0 Å². The third-order valence-corrected chi connectivity index (χ3v) is 6.33. The number of hydrogen-bond acceptors (Lipinski definition) is 4. The van der Waals surface area contributed by atoms with E-state index in [-0.39, 0.29) is 23.9 Å². The highest BCUT2D eigenvalue weighted by molar-refractivity contribution is 7.98. The summed E-state index contributed by atoms with van der Waals surface area (Å²) in [6.45, 7) is 3.65. The monoisotopic (exact) mass is 475 g/mol. The maximum absolute atomic E-state index is 12.5. The Hall–Kier alpha value is -2.28. The van der Waals surface area contributed by atoms with Gasteiger partial charge in [-0.2, -0.15) is 0 Å². The van der Waals surface area contributed by atoms with Gasteiger partial charge in [-0.15, -0.1) is 0 Å². The van der Waals surface area contributed by atoms with Gasteiger partial charge in [0.25, 0.3) is 5.56 Å². The van der Waals surface area contributed by atoms with Crippen molar-refractivity contribution in [2.45, 2.75) is 43.6 Å². The number of aromatic nitrogens is 2. The first kappa shape index (κ1) is 23.4. The molecule has 162 valence electrons. The highest BCUT2D eigenvalue weighted by Crippen LogP contribution is 2.26. The zero-order chi connectivity index (χ0) is 22.4. The molecule has 3 rings (SSSR count). The molecule has 1 aromatic heterocycles. The smallest absolute Gasteiger partial charge is 0.254 e. The molecule has 0 radical (unpaired) electrons. The van der Waals surface area contributed by atoms with Crippen LogP contribution in [-0.4, -0.2) is 15.9 Å². The molecule has 3 aromatic rings. The lowest BCUT2D eigenvalue weighted by molar-refractivity contribution is -0.121. The number of halogens is 2. The molecule has 0 aliphatic rings. The lowest BCUT2D eigenvalue weighted by atomic mass is 10.1. The van der Waals surface area contributed by atoms with Crippen molar-refractivity contribution < 1.29 is 4.79 Å². The van der Waals surface area contributed by atoms with Crippen LogP contribution in [0.15, 0.2) is 58.5 Å². The van der Waals surface area contributed by atoms with Crippen LogP contribution in [0.5, 0.6) is 0 Å². The van der Waals surface area contributed by atoms with Gasteiger partial charge in [-0.1, -0.05) is 71.4 Å². The highest BCUT2D eigenvalue weighted by atomic mass is 35.5. The van der Waals surface area contributed by atoms with E-state index in [1.807, 2.05) is 37.3 Å². The topological polar surface area (TPSA) is 74.8 Å². The molecule has 2 N–H and O–H groups in total. The standard InChI is InChI=1S/C23H23Cl2N3O2S/c1-14(18-9-8-17(24)12-20(18)25)26-21(29)11-10-19-15(2)27-23(28-22(19)30)31-13-16-6-4-3-5-7-16/h3-9,12,14H,10-11,13H2,1-2H3,(H,26,29)(H,27,28,30)/t14-/m1/s1. The fourth-order valence-corrected chi connectivity index (χ4v) is 4.59. The van der Waals surface area contributed by atoms with Crippen LogP contribution < -0.4 is 10.9 Å². The average Bonchev–Trinajstić information content (AvgIpc) is 2.72. The van der Waals surface area contributed by atoms with Gasteiger partial charge in [0, 0.05) is 33.5 Å². The molecule has 1 atom stereocenters. The van der Waals surface area contributed by atoms with Gasteiger partial charge in [0.1, 0.15) is 0 Å². The molecule has 0 saturated heterocycles. The lowest BCUT2D eigenvalue weighted by Crippen LogP contribution is -2.28. The Kier molecular flexibility index (Phi) is 8.18. The van der Waals surface area contributed by atoms with Crippen LogP contribution >= 0.6 is 35.0 Å². The zero-order valence-corrected chi connectivity index (χ0v) is 19.6. The molecular formula is C23H23Cl2N3O2S. The number of benzene rings is 2. The summed E-state index contributed by atoms with van der Waals surface area (Å²) in [6, 6.07) is 14.9. The first-order valence-electron chi connectivity index (χ1n) is 9.84. The number of carbonyl (C=O) groups is 1. The molecular weight excluding hydrogens is 453 g/mol. The normalized spacial score (nSPS) is 11.9. The number of rotatable bonds is 8. The van der Waals surface area contributed by atoms with Gasteiger partial charge in [0.2, 0.25) is 5.91 Å². The molecule has 2 aromatic carbocycles. The number of amides is 1. The number of nitrogens with one attached hydrogen (secondary N) is 2. The Morgan fingerprint density at radius 2 is 1.94 bits per heavy atom. The molecule has 0 spiro atoms. The molecule has 0 fully saturated rings. The molecule has 0 aliphatic carbocycles. The minimum Gasteiger partial charge on any atom is -0.350 e. The fourth-order valence-electron chi connectivity index (χ4n) is 3.16. The van der Waals surface area contributed by atoms with Gasteiger partial charge in [-0.05, 0) is 43.5 Å². The van der Waals surface area contributed by atoms with Crippen LogP contribution in [-0.2, 0) is 17.0 Å². The predicted molar refractivity (Wildman–Crippen MR) is 127 cm³/mol. The molecule has 0 saturated carbocycles. The largest absolute Gasteiger partial charge is 0.350 e. The Bertz CT molecular complexity index is 1120. The van der Waals surface area contributed by atoms with Gasteiger partial charge in [0.05, 0.1) is 6.04 Å².